The lowest BCUT2D eigenvalue weighted by Crippen LogP contribution is -2.40. The number of allylic oxidation sites excluding steroid dienone is 2. The number of carboxylic acid groups (broad SMARTS) is 1. The molecule has 0 bridgehead atoms. The van der Waals surface area contributed by atoms with Gasteiger partial charge in [-0.15, -0.1) is 0 Å². The number of carboxylic acids is 1. The first-order valence-corrected chi connectivity index (χ1v) is 7.80. The van der Waals surface area contributed by atoms with Crippen LogP contribution in [0.15, 0.2) is 22.4 Å². The van der Waals surface area contributed by atoms with Crippen molar-refractivity contribution in [2.45, 2.75) is 45.0 Å². The van der Waals surface area contributed by atoms with Gasteiger partial charge in [-0.3, -0.25) is 4.79 Å². The summed E-state index contributed by atoms with van der Waals surface area (Å²) < 4.78 is 11.1. The minimum Gasteiger partial charge on any atom is -0.481 e. The molecule has 0 spiro atoms. The van der Waals surface area contributed by atoms with Crippen molar-refractivity contribution < 1.29 is 24.4 Å². The van der Waals surface area contributed by atoms with E-state index in [-0.39, 0.29) is 18.4 Å². The van der Waals surface area contributed by atoms with Gasteiger partial charge in [-0.2, -0.15) is 5.10 Å². The smallest absolute Gasteiger partial charge is 0.303 e. The zero-order chi connectivity index (χ0) is 18.7. The van der Waals surface area contributed by atoms with E-state index >= 15 is 0 Å². The fourth-order valence-corrected chi connectivity index (χ4v) is 2.13. The van der Waals surface area contributed by atoms with Crippen molar-refractivity contribution in [3.05, 3.63) is 22.3 Å². The summed E-state index contributed by atoms with van der Waals surface area (Å²) in [5.74, 6) is -1.23. The minimum absolute atomic E-state index is 0.00570. The summed E-state index contributed by atoms with van der Waals surface area (Å²) in [4.78, 5) is 20.6. The number of hydrazone groups is 2. The van der Waals surface area contributed by atoms with Crippen LogP contribution in [0.3, 0.4) is 0 Å². The molecule has 11 heteroatoms. The highest BCUT2D eigenvalue weighted by molar-refractivity contribution is 5.78. The van der Waals surface area contributed by atoms with E-state index in [1.54, 1.807) is 6.92 Å². The summed E-state index contributed by atoms with van der Waals surface area (Å²) in [5.41, 5.74) is 7.52. The molecule has 0 amide bonds. The maximum absolute atomic E-state index is 10.4. The molecule has 3 unspecified atom stereocenters. The van der Waals surface area contributed by atoms with Gasteiger partial charge in [0.05, 0.1) is 12.8 Å². The summed E-state index contributed by atoms with van der Waals surface area (Å²) in [5, 5.41) is 24.5. The van der Waals surface area contributed by atoms with Crippen LogP contribution in [0.2, 0.25) is 0 Å². The van der Waals surface area contributed by atoms with E-state index in [1.807, 2.05) is 12.2 Å². The van der Waals surface area contributed by atoms with E-state index < -0.39 is 23.3 Å². The number of rotatable bonds is 9. The molecule has 1 fully saturated rings. The Hall–Kier alpha value is -2.53. The number of nitro groups is 1. The van der Waals surface area contributed by atoms with E-state index in [0.717, 1.165) is 0 Å². The predicted molar refractivity (Wildman–Crippen MR) is 89.3 cm³/mol. The van der Waals surface area contributed by atoms with Gasteiger partial charge in [0.25, 0.3) is 5.96 Å². The number of unbranched alkanes of at least 4 members (excludes halogenated alkanes) is 1. The number of ether oxygens (including phenoxy) is 2. The Morgan fingerprint density at radius 2 is 2.28 bits per heavy atom. The lowest BCUT2D eigenvalue weighted by atomic mass is 9.98. The number of nitrogens with two attached hydrogens (primary N) is 1. The predicted octanol–water partition coefficient (Wildman–Crippen LogP) is 0.647. The van der Waals surface area contributed by atoms with Crippen molar-refractivity contribution in [2.75, 3.05) is 6.61 Å². The molecule has 25 heavy (non-hydrogen) atoms. The van der Waals surface area contributed by atoms with Gasteiger partial charge < -0.3 is 20.3 Å². The SMILES string of the molecule is CC1OCC(C/C=C\CCCC(=O)O)C(/C=N/N/C(N)=N/[N+](=O)[O-])O1. The molecule has 0 aromatic rings. The summed E-state index contributed by atoms with van der Waals surface area (Å²) in [6.45, 7) is 2.23. The molecule has 0 aliphatic carbocycles. The normalized spacial score (nSPS) is 24.7. The Morgan fingerprint density at radius 3 is 2.96 bits per heavy atom. The van der Waals surface area contributed by atoms with Gasteiger partial charge in [-0.1, -0.05) is 12.2 Å². The third-order valence-electron chi connectivity index (χ3n) is 3.32. The quantitative estimate of drug-likeness (QED) is 0.135. The van der Waals surface area contributed by atoms with Gasteiger partial charge in [-0.25, -0.2) is 15.5 Å². The first-order chi connectivity index (χ1) is 11.9. The second-order valence-electron chi connectivity index (χ2n) is 5.37. The Kier molecular flexibility index (Phi) is 9.11. The van der Waals surface area contributed by atoms with E-state index in [9.17, 15) is 14.9 Å². The standard InChI is InChI=1S/C14H23N5O6/c1-10-24-9-11(6-4-2-3-5-7-13(20)21)12(25-10)8-16-17-14(15)18-19(22)23/h2,4,8,10-12H,3,5-7,9H2,1H3,(H,20,21)(H3,15,17,18)/b4-2-,16-8+. The Bertz CT molecular complexity index is 536. The van der Waals surface area contributed by atoms with Crippen molar-refractivity contribution >= 4 is 18.1 Å². The van der Waals surface area contributed by atoms with Crippen LogP contribution in [-0.4, -0.2) is 47.3 Å². The molecule has 11 nitrogen and oxygen atoms in total. The van der Waals surface area contributed by atoms with Gasteiger partial charge in [0.15, 0.2) is 11.3 Å². The first-order valence-electron chi connectivity index (χ1n) is 7.80. The second kappa shape index (κ2) is 11.1. The van der Waals surface area contributed by atoms with Crippen LogP contribution in [0.1, 0.15) is 32.6 Å². The van der Waals surface area contributed by atoms with Gasteiger partial charge in [0, 0.05) is 12.3 Å². The molecule has 0 saturated carbocycles. The zero-order valence-corrected chi connectivity index (χ0v) is 13.9. The summed E-state index contributed by atoms with van der Waals surface area (Å²) in [6, 6.07) is 0. The maximum atomic E-state index is 10.4. The number of guanidine groups is 1. The van der Waals surface area contributed by atoms with Gasteiger partial charge >= 0.3 is 5.97 Å². The van der Waals surface area contributed by atoms with Crippen LogP contribution < -0.4 is 11.2 Å². The van der Waals surface area contributed by atoms with Crippen LogP contribution in [0.25, 0.3) is 0 Å². The average molecular weight is 357 g/mol. The number of nitrogens with zero attached hydrogens (tertiary/aromatic N) is 3. The largest absolute Gasteiger partial charge is 0.481 e. The van der Waals surface area contributed by atoms with Gasteiger partial charge in [0.1, 0.15) is 11.2 Å². The average Bonchev–Trinajstić information content (AvgIpc) is 2.51. The van der Waals surface area contributed by atoms with Crippen LogP contribution in [0.5, 0.6) is 0 Å². The second-order valence-corrected chi connectivity index (χ2v) is 5.37. The molecular formula is C14H23N5O6. The van der Waals surface area contributed by atoms with Crippen molar-refractivity contribution in [3.8, 4) is 0 Å². The first kappa shape index (κ1) is 20.5. The van der Waals surface area contributed by atoms with Crippen molar-refractivity contribution in [1.82, 2.24) is 5.43 Å². The molecule has 1 aliphatic rings. The van der Waals surface area contributed by atoms with Gasteiger partial charge in [-0.05, 0) is 26.2 Å². The van der Waals surface area contributed by atoms with Crippen LogP contribution in [-0.2, 0) is 14.3 Å². The van der Waals surface area contributed by atoms with Crippen LogP contribution >= 0.6 is 0 Å². The summed E-state index contributed by atoms with van der Waals surface area (Å²) in [6.07, 6.45) is 6.67. The number of hydrogen-bond acceptors (Lipinski definition) is 6. The Labute approximate surface area is 144 Å². The molecular weight excluding hydrogens is 334 g/mol. The molecule has 1 heterocycles. The topological polar surface area (TPSA) is 162 Å². The minimum atomic E-state index is -0.928. The molecule has 140 valence electrons. The fraction of sp³-hybridized carbons (Fsp3) is 0.643. The number of carbonyl (C=O) groups is 1. The molecule has 0 radical (unpaired) electrons. The zero-order valence-electron chi connectivity index (χ0n) is 13.9. The molecule has 3 atom stereocenters. The molecule has 1 aliphatic heterocycles. The van der Waals surface area contributed by atoms with Crippen LogP contribution in [0, 0.1) is 16.0 Å². The Morgan fingerprint density at radius 1 is 1.52 bits per heavy atom. The van der Waals surface area contributed by atoms with E-state index in [0.29, 0.717) is 25.9 Å². The molecule has 0 aromatic carbocycles. The van der Waals surface area contributed by atoms with Crippen molar-refractivity contribution in [2.24, 2.45) is 21.9 Å². The highest BCUT2D eigenvalue weighted by Gasteiger charge is 2.28. The lowest BCUT2D eigenvalue weighted by molar-refractivity contribution is -0.485. The van der Waals surface area contributed by atoms with Crippen LogP contribution in [0.4, 0.5) is 0 Å². The Balaban J connectivity index is 2.48. The number of hydrogen-bond donors (Lipinski definition) is 3. The molecule has 1 saturated heterocycles. The summed E-state index contributed by atoms with van der Waals surface area (Å²) >= 11 is 0. The van der Waals surface area contributed by atoms with Gasteiger partial charge in [0.2, 0.25) is 0 Å². The third kappa shape index (κ3) is 9.37. The number of nitrogens with one attached hydrogen (secondary N) is 1. The lowest BCUT2D eigenvalue weighted by Gasteiger charge is -2.32. The number of aliphatic carboxylic acids is 1. The highest BCUT2D eigenvalue weighted by atomic mass is 16.7. The maximum Gasteiger partial charge on any atom is 0.303 e. The third-order valence-corrected chi connectivity index (χ3v) is 3.32. The monoisotopic (exact) mass is 357 g/mol. The van der Waals surface area contributed by atoms with E-state index in [2.05, 4.69) is 15.6 Å². The summed E-state index contributed by atoms with van der Waals surface area (Å²) in [7, 11) is 0. The molecule has 4 N–H and O–H groups in total. The molecule has 0 aromatic heterocycles. The van der Waals surface area contributed by atoms with E-state index in [4.69, 9.17) is 20.3 Å². The van der Waals surface area contributed by atoms with Crippen molar-refractivity contribution in [1.29, 1.82) is 0 Å². The van der Waals surface area contributed by atoms with Crippen molar-refractivity contribution in [3.63, 3.8) is 0 Å². The highest BCUT2D eigenvalue weighted by Crippen LogP contribution is 2.21. The van der Waals surface area contributed by atoms with E-state index in [1.165, 1.54) is 6.21 Å². The fourth-order valence-electron chi connectivity index (χ4n) is 2.13. The molecule has 1 rings (SSSR count).